The maximum Gasteiger partial charge on any atom is 0.217 e. The predicted octanol–water partition coefficient (Wildman–Crippen LogP) is -0.378. The SMILES string of the molecule is CNCCNS(=O)(=O)Cc1cc(C)on1. The van der Waals surface area contributed by atoms with Gasteiger partial charge in [0.05, 0.1) is 0 Å². The third-order valence-electron chi connectivity index (χ3n) is 1.71. The highest BCUT2D eigenvalue weighted by atomic mass is 32.2. The second-order valence-corrected chi connectivity index (χ2v) is 4.99. The average molecular weight is 233 g/mol. The summed E-state index contributed by atoms with van der Waals surface area (Å²) < 4.78 is 30.2. The highest BCUT2D eigenvalue weighted by Gasteiger charge is 2.13. The Morgan fingerprint density at radius 3 is 2.73 bits per heavy atom. The highest BCUT2D eigenvalue weighted by Crippen LogP contribution is 2.05. The second-order valence-electron chi connectivity index (χ2n) is 3.19. The largest absolute Gasteiger partial charge is 0.361 e. The average Bonchev–Trinajstić information content (AvgIpc) is 2.50. The number of hydrogen-bond donors (Lipinski definition) is 2. The van der Waals surface area contributed by atoms with Crippen molar-refractivity contribution in [3.8, 4) is 0 Å². The van der Waals surface area contributed by atoms with Crippen LogP contribution in [0.15, 0.2) is 10.6 Å². The Morgan fingerprint density at radius 1 is 1.47 bits per heavy atom. The second kappa shape index (κ2) is 5.24. The van der Waals surface area contributed by atoms with Gasteiger partial charge in [-0.3, -0.25) is 0 Å². The minimum atomic E-state index is -3.31. The molecule has 0 spiro atoms. The van der Waals surface area contributed by atoms with Gasteiger partial charge in [0.25, 0.3) is 0 Å². The van der Waals surface area contributed by atoms with Gasteiger partial charge in [-0.25, -0.2) is 13.1 Å². The molecule has 0 aliphatic rings. The van der Waals surface area contributed by atoms with Crippen LogP contribution in [0.1, 0.15) is 11.5 Å². The van der Waals surface area contributed by atoms with Crippen molar-refractivity contribution in [3.63, 3.8) is 0 Å². The molecule has 0 atom stereocenters. The Hall–Kier alpha value is -0.920. The van der Waals surface area contributed by atoms with E-state index in [-0.39, 0.29) is 5.75 Å². The quantitative estimate of drug-likeness (QED) is 0.654. The van der Waals surface area contributed by atoms with E-state index < -0.39 is 10.0 Å². The molecule has 1 rings (SSSR count). The molecule has 0 aliphatic heterocycles. The van der Waals surface area contributed by atoms with Crippen LogP contribution in [0.3, 0.4) is 0 Å². The highest BCUT2D eigenvalue weighted by molar-refractivity contribution is 7.88. The molecular weight excluding hydrogens is 218 g/mol. The van der Waals surface area contributed by atoms with Crippen LogP contribution in [-0.4, -0.2) is 33.7 Å². The smallest absolute Gasteiger partial charge is 0.217 e. The van der Waals surface area contributed by atoms with E-state index in [1.165, 1.54) is 0 Å². The molecule has 0 aliphatic carbocycles. The Bertz CT molecular complexity index is 399. The molecule has 86 valence electrons. The molecule has 0 aromatic carbocycles. The lowest BCUT2D eigenvalue weighted by atomic mass is 10.4. The van der Waals surface area contributed by atoms with Gasteiger partial charge in [-0.15, -0.1) is 0 Å². The third kappa shape index (κ3) is 4.41. The fourth-order valence-electron chi connectivity index (χ4n) is 1.06. The molecule has 0 saturated carbocycles. The zero-order chi connectivity index (χ0) is 11.3. The maximum absolute atomic E-state index is 11.5. The van der Waals surface area contributed by atoms with Crippen molar-refractivity contribution in [3.05, 3.63) is 17.5 Å². The first kappa shape index (κ1) is 12.2. The van der Waals surface area contributed by atoms with Gasteiger partial charge in [-0.1, -0.05) is 5.16 Å². The molecule has 0 amide bonds. The van der Waals surface area contributed by atoms with E-state index in [0.29, 0.717) is 24.5 Å². The van der Waals surface area contributed by atoms with Gasteiger partial charge in [-0.2, -0.15) is 0 Å². The molecule has 1 aromatic rings. The van der Waals surface area contributed by atoms with Gasteiger partial charge in [0.2, 0.25) is 10.0 Å². The van der Waals surface area contributed by atoms with Gasteiger partial charge in [-0.05, 0) is 14.0 Å². The summed E-state index contributed by atoms with van der Waals surface area (Å²) in [4.78, 5) is 0. The van der Waals surface area contributed by atoms with E-state index in [9.17, 15) is 8.42 Å². The summed E-state index contributed by atoms with van der Waals surface area (Å²) in [6.07, 6.45) is 0. The van der Waals surface area contributed by atoms with Gasteiger partial charge in [0, 0.05) is 19.2 Å². The van der Waals surface area contributed by atoms with Gasteiger partial charge in [0.15, 0.2) is 0 Å². The first-order chi connectivity index (χ1) is 7.03. The fraction of sp³-hybridized carbons (Fsp3) is 0.625. The van der Waals surface area contributed by atoms with Crippen LogP contribution < -0.4 is 10.0 Å². The summed E-state index contributed by atoms with van der Waals surface area (Å²) in [6.45, 7) is 2.68. The van der Waals surface area contributed by atoms with E-state index in [1.807, 2.05) is 0 Å². The minimum absolute atomic E-state index is 0.145. The normalized spacial score (nSPS) is 11.9. The van der Waals surface area contributed by atoms with Crippen molar-refractivity contribution < 1.29 is 12.9 Å². The summed E-state index contributed by atoms with van der Waals surface area (Å²) >= 11 is 0. The lowest BCUT2D eigenvalue weighted by Crippen LogP contribution is -2.31. The standard InChI is InChI=1S/C8H15N3O3S/c1-7-5-8(11-14-7)6-15(12,13)10-4-3-9-2/h5,9-10H,3-4,6H2,1-2H3. The van der Waals surface area contributed by atoms with Gasteiger partial charge in [0.1, 0.15) is 17.2 Å². The molecular formula is C8H15N3O3S. The lowest BCUT2D eigenvalue weighted by Gasteiger charge is -2.03. The number of nitrogens with one attached hydrogen (secondary N) is 2. The minimum Gasteiger partial charge on any atom is -0.361 e. The zero-order valence-corrected chi connectivity index (χ0v) is 9.60. The van der Waals surface area contributed by atoms with Crippen molar-refractivity contribution in [2.75, 3.05) is 20.1 Å². The summed E-state index contributed by atoms with van der Waals surface area (Å²) in [7, 11) is -1.55. The van der Waals surface area contributed by atoms with Gasteiger partial charge < -0.3 is 9.84 Å². The van der Waals surface area contributed by atoms with Crippen LogP contribution in [0, 0.1) is 6.92 Å². The van der Waals surface area contributed by atoms with E-state index in [0.717, 1.165) is 0 Å². The van der Waals surface area contributed by atoms with E-state index in [2.05, 4.69) is 15.2 Å². The Kier molecular flexibility index (Phi) is 4.25. The van der Waals surface area contributed by atoms with Crippen molar-refractivity contribution in [2.45, 2.75) is 12.7 Å². The fourth-order valence-corrected chi connectivity index (χ4v) is 2.10. The molecule has 6 nitrogen and oxygen atoms in total. The monoisotopic (exact) mass is 233 g/mol. The number of aryl methyl sites for hydroxylation is 1. The Balaban J connectivity index is 2.49. The van der Waals surface area contributed by atoms with Crippen LogP contribution in [0.25, 0.3) is 0 Å². The molecule has 15 heavy (non-hydrogen) atoms. The van der Waals surface area contributed by atoms with Gasteiger partial charge >= 0.3 is 0 Å². The van der Waals surface area contributed by atoms with Crippen LogP contribution in [0.5, 0.6) is 0 Å². The first-order valence-corrected chi connectivity index (χ1v) is 6.23. The van der Waals surface area contributed by atoms with Crippen LogP contribution in [0.2, 0.25) is 0 Å². The molecule has 1 aromatic heterocycles. The summed E-state index contributed by atoms with van der Waals surface area (Å²) in [6, 6.07) is 1.61. The molecule has 0 saturated heterocycles. The van der Waals surface area contributed by atoms with Crippen molar-refractivity contribution in [1.82, 2.24) is 15.2 Å². The molecule has 2 N–H and O–H groups in total. The van der Waals surface area contributed by atoms with E-state index in [4.69, 9.17) is 4.52 Å². The van der Waals surface area contributed by atoms with Crippen molar-refractivity contribution >= 4 is 10.0 Å². The topological polar surface area (TPSA) is 84.2 Å². The molecule has 0 radical (unpaired) electrons. The molecule has 1 heterocycles. The number of aromatic nitrogens is 1. The number of likely N-dealkylation sites (N-methyl/N-ethyl adjacent to an activating group) is 1. The molecule has 0 bridgehead atoms. The van der Waals surface area contributed by atoms with Crippen LogP contribution in [-0.2, 0) is 15.8 Å². The Labute approximate surface area is 89.1 Å². The van der Waals surface area contributed by atoms with Crippen LogP contribution >= 0.6 is 0 Å². The first-order valence-electron chi connectivity index (χ1n) is 4.57. The molecule has 0 fully saturated rings. The number of sulfonamides is 1. The van der Waals surface area contributed by atoms with Crippen LogP contribution in [0.4, 0.5) is 0 Å². The van der Waals surface area contributed by atoms with E-state index in [1.54, 1.807) is 20.0 Å². The maximum atomic E-state index is 11.5. The molecule has 0 unspecified atom stereocenters. The number of rotatable bonds is 6. The lowest BCUT2D eigenvalue weighted by molar-refractivity contribution is 0.392. The van der Waals surface area contributed by atoms with Crippen molar-refractivity contribution in [1.29, 1.82) is 0 Å². The van der Waals surface area contributed by atoms with Crippen molar-refractivity contribution in [2.24, 2.45) is 0 Å². The summed E-state index contributed by atoms with van der Waals surface area (Å²) in [5.74, 6) is 0.462. The number of hydrogen-bond acceptors (Lipinski definition) is 5. The Morgan fingerprint density at radius 2 is 2.20 bits per heavy atom. The predicted molar refractivity (Wildman–Crippen MR) is 55.8 cm³/mol. The van der Waals surface area contributed by atoms with E-state index >= 15 is 0 Å². The summed E-state index contributed by atoms with van der Waals surface area (Å²) in [5.41, 5.74) is 0.421. The zero-order valence-electron chi connectivity index (χ0n) is 8.78. The summed E-state index contributed by atoms with van der Waals surface area (Å²) in [5, 5.41) is 6.47. The number of nitrogens with zero attached hydrogens (tertiary/aromatic N) is 1. The third-order valence-corrected chi connectivity index (χ3v) is 3.03. The molecule has 7 heteroatoms.